The van der Waals surface area contributed by atoms with Crippen molar-refractivity contribution in [3.8, 4) is 5.75 Å². The molecule has 5 heteroatoms. The Morgan fingerprint density at radius 1 is 1.37 bits per heavy atom. The van der Waals surface area contributed by atoms with Crippen molar-refractivity contribution in [2.75, 3.05) is 45.7 Å². The first-order valence-corrected chi connectivity index (χ1v) is 6.83. The van der Waals surface area contributed by atoms with Gasteiger partial charge in [0.2, 0.25) is 0 Å². The third kappa shape index (κ3) is 4.69. The van der Waals surface area contributed by atoms with Gasteiger partial charge in [0.25, 0.3) is 0 Å². The lowest BCUT2D eigenvalue weighted by Gasteiger charge is -2.31. The van der Waals surface area contributed by atoms with Gasteiger partial charge in [-0.05, 0) is 44.0 Å². The van der Waals surface area contributed by atoms with Crippen molar-refractivity contribution in [2.45, 2.75) is 12.8 Å². The summed E-state index contributed by atoms with van der Waals surface area (Å²) in [5.74, 6) is 1.96. The molecule has 0 spiro atoms. The van der Waals surface area contributed by atoms with Crippen molar-refractivity contribution in [3.63, 3.8) is 0 Å². The summed E-state index contributed by atoms with van der Waals surface area (Å²) < 4.78 is 10.9. The molecule has 2 heterocycles. The highest BCUT2D eigenvalue weighted by molar-refractivity contribution is 5.32. The number of rotatable bonds is 6. The maximum Gasteiger partial charge on any atom is 0.137 e. The Hall–Kier alpha value is -1.33. The lowest BCUT2D eigenvalue weighted by molar-refractivity contribution is 0.105. The summed E-state index contributed by atoms with van der Waals surface area (Å²) in [4.78, 5) is 6.47. The molecule has 19 heavy (non-hydrogen) atoms. The third-order valence-corrected chi connectivity index (χ3v) is 3.56. The normalized spacial score (nSPS) is 17.5. The van der Waals surface area contributed by atoms with Gasteiger partial charge in [0.05, 0.1) is 19.4 Å². The molecule has 0 aromatic carbocycles. The molecule has 1 aromatic heterocycles. The van der Waals surface area contributed by atoms with Crippen molar-refractivity contribution in [1.29, 1.82) is 0 Å². The second-order valence-corrected chi connectivity index (χ2v) is 5.01. The van der Waals surface area contributed by atoms with Gasteiger partial charge in [-0.3, -0.25) is 0 Å². The molecule has 0 bridgehead atoms. The van der Waals surface area contributed by atoms with Crippen LogP contribution in [-0.2, 0) is 4.74 Å². The first-order chi connectivity index (χ1) is 9.28. The molecule has 0 amide bonds. The standard InChI is InChI=1S/C14H23N3O2/c1-18-9-8-17-6-4-12(5-7-17)11-19-13-2-3-14(15)16-10-13/h2-3,10,12H,4-9,11H2,1H3,(H2,15,16). The summed E-state index contributed by atoms with van der Waals surface area (Å²) in [6, 6.07) is 3.64. The average molecular weight is 265 g/mol. The molecule has 0 atom stereocenters. The number of nitrogens with two attached hydrogens (primary N) is 1. The third-order valence-electron chi connectivity index (χ3n) is 3.56. The second kappa shape index (κ2) is 7.31. The maximum atomic E-state index is 5.76. The Kier molecular flexibility index (Phi) is 5.42. The number of nitrogen functional groups attached to an aromatic ring is 1. The zero-order valence-corrected chi connectivity index (χ0v) is 11.5. The van der Waals surface area contributed by atoms with Crippen LogP contribution in [0.15, 0.2) is 18.3 Å². The maximum absolute atomic E-state index is 5.76. The van der Waals surface area contributed by atoms with Crippen LogP contribution < -0.4 is 10.5 Å². The van der Waals surface area contributed by atoms with E-state index in [0.717, 1.165) is 38.6 Å². The molecule has 106 valence electrons. The fourth-order valence-corrected chi connectivity index (χ4v) is 2.29. The SMILES string of the molecule is COCCN1CCC(COc2ccc(N)nc2)CC1. The Morgan fingerprint density at radius 2 is 2.16 bits per heavy atom. The highest BCUT2D eigenvalue weighted by Gasteiger charge is 2.19. The number of anilines is 1. The van der Waals surface area contributed by atoms with Gasteiger partial charge in [-0.2, -0.15) is 0 Å². The van der Waals surface area contributed by atoms with E-state index in [4.69, 9.17) is 15.2 Å². The van der Waals surface area contributed by atoms with Gasteiger partial charge < -0.3 is 20.1 Å². The van der Waals surface area contributed by atoms with Gasteiger partial charge in [0.15, 0.2) is 0 Å². The van der Waals surface area contributed by atoms with Crippen LogP contribution in [0.3, 0.4) is 0 Å². The van der Waals surface area contributed by atoms with Crippen LogP contribution in [-0.4, -0.2) is 49.8 Å². The van der Waals surface area contributed by atoms with E-state index in [9.17, 15) is 0 Å². The fourth-order valence-electron chi connectivity index (χ4n) is 2.29. The monoisotopic (exact) mass is 265 g/mol. The molecule has 0 saturated carbocycles. The van der Waals surface area contributed by atoms with Gasteiger partial charge >= 0.3 is 0 Å². The van der Waals surface area contributed by atoms with Crippen LogP contribution in [0.2, 0.25) is 0 Å². The summed E-state index contributed by atoms with van der Waals surface area (Å²) in [6.07, 6.45) is 4.06. The van der Waals surface area contributed by atoms with Crippen molar-refractivity contribution >= 4 is 5.82 Å². The first-order valence-electron chi connectivity index (χ1n) is 6.83. The average Bonchev–Trinajstić information content (AvgIpc) is 2.46. The van der Waals surface area contributed by atoms with Gasteiger partial charge in [0, 0.05) is 13.7 Å². The fraction of sp³-hybridized carbons (Fsp3) is 0.643. The van der Waals surface area contributed by atoms with Crippen molar-refractivity contribution in [3.05, 3.63) is 18.3 Å². The van der Waals surface area contributed by atoms with E-state index in [1.54, 1.807) is 19.4 Å². The zero-order valence-electron chi connectivity index (χ0n) is 11.5. The number of likely N-dealkylation sites (tertiary alicyclic amines) is 1. The number of ether oxygens (including phenoxy) is 2. The van der Waals surface area contributed by atoms with E-state index < -0.39 is 0 Å². The first kappa shape index (κ1) is 14.1. The van der Waals surface area contributed by atoms with Crippen LogP contribution in [0, 0.1) is 5.92 Å². The van der Waals surface area contributed by atoms with E-state index >= 15 is 0 Å². The van der Waals surface area contributed by atoms with Crippen LogP contribution in [0.5, 0.6) is 5.75 Å². The predicted molar refractivity (Wildman–Crippen MR) is 75.2 cm³/mol. The molecular formula is C14H23N3O2. The van der Waals surface area contributed by atoms with Gasteiger partial charge in [-0.15, -0.1) is 0 Å². The molecule has 1 aliphatic heterocycles. The van der Waals surface area contributed by atoms with Crippen molar-refractivity contribution < 1.29 is 9.47 Å². The number of methoxy groups -OCH3 is 1. The van der Waals surface area contributed by atoms with Crippen molar-refractivity contribution in [2.24, 2.45) is 5.92 Å². The summed E-state index contributed by atoms with van der Waals surface area (Å²) in [6.45, 7) is 4.89. The second-order valence-electron chi connectivity index (χ2n) is 5.01. The summed E-state index contributed by atoms with van der Waals surface area (Å²) in [7, 11) is 1.75. The van der Waals surface area contributed by atoms with Crippen LogP contribution in [0.4, 0.5) is 5.82 Å². The smallest absolute Gasteiger partial charge is 0.137 e. The topological polar surface area (TPSA) is 60.6 Å². The Morgan fingerprint density at radius 3 is 2.79 bits per heavy atom. The molecule has 1 aliphatic rings. The summed E-state index contributed by atoms with van der Waals surface area (Å²) in [5.41, 5.74) is 5.54. The lowest BCUT2D eigenvalue weighted by Crippen LogP contribution is -2.37. The number of piperidine rings is 1. The van der Waals surface area contributed by atoms with E-state index in [2.05, 4.69) is 9.88 Å². The van der Waals surface area contributed by atoms with Gasteiger partial charge in [0.1, 0.15) is 11.6 Å². The molecule has 5 nitrogen and oxygen atoms in total. The molecule has 0 aliphatic carbocycles. The highest BCUT2D eigenvalue weighted by Crippen LogP contribution is 2.19. The number of hydrogen-bond acceptors (Lipinski definition) is 5. The van der Waals surface area contributed by atoms with E-state index in [1.807, 2.05) is 6.07 Å². The summed E-state index contributed by atoms with van der Waals surface area (Å²) in [5, 5.41) is 0. The number of nitrogens with zero attached hydrogens (tertiary/aromatic N) is 2. The van der Waals surface area contributed by atoms with E-state index in [0.29, 0.717) is 11.7 Å². The largest absolute Gasteiger partial charge is 0.492 e. The minimum absolute atomic E-state index is 0.527. The van der Waals surface area contributed by atoms with Gasteiger partial charge in [-0.25, -0.2) is 4.98 Å². The van der Waals surface area contributed by atoms with E-state index in [-0.39, 0.29) is 0 Å². The minimum atomic E-state index is 0.527. The van der Waals surface area contributed by atoms with Crippen molar-refractivity contribution in [1.82, 2.24) is 9.88 Å². The quantitative estimate of drug-likeness (QED) is 0.842. The minimum Gasteiger partial charge on any atom is -0.492 e. The molecule has 1 fully saturated rings. The highest BCUT2D eigenvalue weighted by atomic mass is 16.5. The molecule has 2 rings (SSSR count). The predicted octanol–water partition coefficient (Wildman–Crippen LogP) is 1.40. The number of pyridine rings is 1. The van der Waals surface area contributed by atoms with Crippen LogP contribution in [0.1, 0.15) is 12.8 Å². The Bertz CT molecular complexity index is 361. The molecule has 0 radical (unpaired) electrons. The Balaban J connectivity index is 1.67. The van der Waals surface area contributed by atoms with Gasteiger partial charge in [-0.1, -0.05) is 0 Å². The molecular weight excluding hydrogens is 242 g/mol. The molecule has 2 N–H and O–H groups in total. The van der Waals surface area contributed by atoms with Crippen LogP contribution in [0.25, 0.3) is 0 Å². The zero-order chi connectivity index (χ0) is 13.5. The molecule has 1 saturated heterocycles. The summed E-state index contributed by atoms with van der Waals surface area (Å²) >= 11 is 0. The Labute approximate surface area is 114 Å². The number of hydrogen-bond donors (Lipinski definition) is 1. The molecule has 1 aromatic rings. The van der Waals surface area contributed by atoms with E-state index in [1.165, 1.54) is 12.8 Å². The molecule has 0 unspecified atom stereocenters. The number of aromatic nitrogens is 1. The van der Waals surface area contributed by atoms with Crippen LogP contribution >= 0.6 is 0 Å². The lowest BCUT2D eigenvalue weighted by atomic mass is 9.98.